The van der Waals surface area contributed by atoms with Gasteiger partial charge in [-0.05, 0) is 44.5 Å². The van der Waals surface area contributed by atoms with E-state index in [4.69, 9.17) is 4.74 Å². The lowest BCUT2D eigenvalue weighted by Crippen LogP contribution is -2.19. The van der Waals surface area contributed by atoms with Gasteiger partial charge in [-0.2, -0.15) is 5.10 Å². The molecule has 29 heavy (non-hydrogen) atoms. The first kappa shape index (κ1) is 20.4. The van der Waals surface area contributed by atoms with Crippen molar-refractivity contribution in [3.05, 3.63) is 71.5 Å². The van der Waals surface area contributed by atoms with E-state index in [-0.39, 0.29) is 5.91 Å². The number of rotatable bonds is 4. The van der Waals surface area contributed by atoms with E-state index in [1.165, 1.54) is 0 Å². The summed E-state index contributed by atoms with van der Waals surface area (Å²) in [5.74, 6) is 6.07. The highest BCUT2D eigenvalue weighted by atomic mass is 16.5. The zero-order valence-electron chi connectivity index (χ0n) is 17.4. The van der Waals surface area contributed by atoms with Crippen LogP contribution in [0.3, 0.4) is 0 Å². The lowest BCUT2D eigenvalue weighted by molar-refractivity contribution is 0.0741. The molecule has 0 saturated carbocycles. The molecule has 1 heterocycles. The van der Waals surface area contributed by atoms with Gasteiger partial charge in [0.25, 0.3) is 5.91 Å². The molecule has 1 N–H and O–H groups in total. The molecule has 1 aromatic heterocycles. The van der Waals surface area contributed by atoms with Crippen LogP contribution in [-0.4, -0.2) is 28.4 Å². The molecule has 0 unspecified atom stereocenters. The molecule has 0 spiro atoms. The van der Waals surface area contributed by atoms with Gasteiger partial charge in [-0.1, -0.05) is 42.2 Å². The van der Waals surface area contributed by atoms with Crippen molar-refractivity contribution in [1.82, 2.24) is 9.78 Å². The molecule has 2 aromatic carbocycles. The molecule has 1 amide bonds. The molecule has 0 aliphatic carbocycles. The summed E-state index contributed by atoms with van der Waals surface area (Å²) in [6.45, 7) is 5.68. The fourth-order valence-electron chi connectivity index (χ4n) is 2.86. The fourth-order valence-corrected chi connectivity index (χ4v) is 2.86. The second-order valence-corrected chi connectivity index (χ2v) is 7.34. The minimum absolute atomic E-state index is 0.174. The highest BCUT2D eigenvalue weighted by molar-refractivity contribution is 6.06. The van der Waals surface area contributed by atoms with Gasteiger partial charge in [-0.15, -0.1) is 0 Å². The third-order valence-corrected chi connectivity index (χ3v) is 4.65. The van der Waals surface area contributed by atoms with E-state index in [0.29, 0.717) is 11.3 Å². The van der Waals surface area contributed by atoms with Gasteiger partial charge in [0, 0.05) is 37.2 Å². The maximum absolute atomic E-state index is 12.7. The summed E-state index contributed by atoms with van der Waals surface area (Å²) in [5.41, 5.74) is 4.38. The molecule has 0 aliphatic rings. The first-order chi connectivity index (χ1) is 13.8. The Kier molecular flexibility index (Phi) is 5.86. The quantitative estimate of drug-likeness (QED) is 0.674. The van der Waals surface area contributed by atoms with Crippen molar-refractivity contribution >= 4 is 11.6 Å². The van der Waals surface area contributed by atoms with Crippen LogP contribution in [0.15, 0.2) is 54.7 Å². The van der Waals surface area contributed by atoms with Crippen molar-refractivity contribution in [3.8, 4) is 23.0 Å². The van der Waals surface area contributed by atoms with Crippen LogP contribution < -0.4 is 5.32 Å². The summed E-state index contributed by atoms with van der Waals surface area (Å²) in [4.78, 5) is 12.7. The molecule has 0 fully saturated rings. The number of hydrogen-bond donors (Lipinski definition) is 1. The Bertz CT molecular complexity index is 1080. The summed E-state index contributed by atoms with van der Waals surface area (Å²) >= 11 is 0. The molecule has 0 bridgehead atoms. The number of anilines is 1. The monoisotopic (exact) mass is 387 g/mol. The zero-order chi connectivity index (χ0) is 21.0. The number of amides is 1. The van der Waals surface area contributed by atoms with E-state index < -0.39 is 5.60 Å². The van der Waals surface area contributed by atoms with Crippen molar-refractivity contribution in [2.24, 2.45) is 7.05 Å². The van der Waals surface area contributed by atoms with Crippen molar-refractivity contribution in [2.75, 3.05) is 12.4 Å². The van der Waals surface area contributed by atoms with Gasteiger partial charge in [0.15, 0.2) is 0 Å². The molecule has 0 aliphatic heterocycles. The smallest absolute Gasteiger partial charge is 0.259 e. The maximum Gasteiger partial charge on any atom is 0.259 e. The predicted octanol–water partition coefficient (Wildman–Crippen LogP) is 4.42. The van der Waals surface area contributed by atoms with Crippen molar-refractivity contribution < 1.29 is 9.53 Å². The number of methoxy groups -OCH3 is 1. The topological polar surface area (TPSA) is 56.1 Å². The lowest BCUT2D eigenvalue weighted by atomic mass is 10.0. The van der Waals surface area contributed by atoms with Crippen molar-refractivity contribution in [1.29, 1.82) is 0 Å². The average Bonchev–Trinajstić information content (AvgIpc) is 3.05. The number of ether oxygens (including phenoxy) is 1. The van der Waals surface area contributed by atoms with Gasteiger partial charge in [0.05, 0.1) is 11.3 Å². The number of carbonyl (C=O) groups is 1. The van der Waals surface area contributed by atoms with Crippen LogP contribution in [0.25, 0.3) is 11.1 Å². The fraction of sp³-hybridized carbons (Fsp3) is 0.250. The number of nitrogens with one attached hydrogen (secondary N) is 1. The van der Waals surface area contributed by atoms with Gasteiger partial charge in [0.1, 0.15) is 5.60 Å². The van der Waals surface area contributed by atoms with Crippen LogP contribution >= 0.6 is 0 Å². The number of aromatic nitrogens is 2. The van der Waals surface area contributed by atoms with E-state index in [9.17, 15) is 4.79 Å². The summed E-state index contributed by atoms with van der Waals surface area (Å²) < 4.78 is 6.97. The third kappa shape index (κ3) is 4.92. The van der Waals surface area contributed by atoms with Crippen LogP contribution in [0.4, 0.5) is 5.69 Å². The number of carbonyl (C=O) groups excluding carboxylic acids is 1. The lowest BCUT2D eigenvalue weighted by Gasteiger charge is -2.14. The highest BCUT2D eigenvalue weighted by Crippen LogP contribution is 2.28. The summed E-state index contributed by atoms with van der Waals surface area (Å²) in [6.07, 6.45) is 1.72. The first-order valence-electron chi connectivity index (χ1n) is 9.38. The molecule has 148 valence electrons. The number of hydrogen-bond acceptors (Lipinski definition) is 3. The minimum atomic E-state index is -0.486. The van der Waals surface area contributed by atoms with Crippen LogP contribution in [-0.2, 0) is 11.8 Å². The van der Waals surface area contributed by atoms with Crippen LogP contribution in [0.2, 0.25) is 0 Å². The van der Waals surface area contributed by atoms with Crippen LogP contribution in [0.5, 0.6) is 0 Å². The molecule has 0 atom stereocenters. The van der Waals surface area contributed by atoms with E-state index in [1.54, 1.807) is 25.0 Å². The van der Waals surface area contributed by atoms with Crippen LogP contribution in [0, 0.1) is 18.8 Å². The van der Waals surface area contributed by atoms with Gasteiger partial charge < -0.3 is 10.1 Å². The van der Waals surface area contributed by atoms with Crippen molar-refractivity contribution in [2.45, 2.75) is 26.4 Å². The van der Waals surface area contributed by atoms with Crippen molar-refractivity contribution in [3.63, 3.8) is 0 Å². The van der Waals surface area contributed by atoms with E-state index in [2.05, 4.69) is 22.3 Å². The summed E-state index contributed by atoms with van der Waals surface area (Å²) in [6, 6.07) is 15.7. The molecule has 3 rings (SSSR count). The number of para-hydroxylation sites is 1. The van der Waals surface area contributed by atoms with Gasteiger partial charge in [0.2, 0.25) is 0 Å². The Labute approximate surface area is 171 Å². The number of aryl methyl sites for hydroxylation is 2. The largest absolute Gasteiger partial charge is 0.366 e. The zero-order valence-corrected chi connectivity index (χ0v) is 17.4. The maximum atomic E-state index is 12.7. The SMILES string of the molecule is COC(C)(C)C#Cc1ccc(-c2ccccc2NC(=O)c2cn(C)nc2C)cc1. The first-order valence-corrected chi connectivity index (χ1v) is 9.38. The normalized spacial score (nSPS) is 10.9. The summed E-state index contributed by atoms with van der Waals surface area (Å²) in [7, 11) is 3.45. The second-order valence-electron chi connectivity index (χ2n) is 7.34. The Morgan fingerprint density at radius 3 is 2.45 bits per heavy atom. The molecule has 0 radical (unpaired) electrons. The molecule has 0 saturated heterocycles. The minimum Gasteiger partial charge on any atom is -0.366 e. The number of nitrogens with zero attached hydrogens (tertiary/aromatic N) is 2. The molecule has 5 nitrogen and oxygen atoms in total. The standard InChI is InChI=1S/C24H25N3O2/c1-17-21(16-27(4)26-17)23(28)25-22-9-7-6-8-20(22)19-12-10-18(11-13-19)14-15-24(2,3)29-5/h6-13,16H,1-5H3,(H,25,28). The number of benzene rings is 2. The van der Waals surface area contributed by atoms with Gasteiger partial charge >= 0.3 is 0 Å². The predicted molar refractivity (Wildman–Crippen MR) is 116 cm³/mol. The Balaban J connectivity index is 1.85. The highest BCUT2D eigenvalue weighted by Gasteiger charge is 2.15. The van der Waals surface area contributed by atoms with E-state index in [0.717, 1.165) is 22.4 Å². The Morgan fingerprint density at radius 1 is 1.14 bits per heavy atom. The molecular weight excluding hydrogens is 362 g/mol. The van der Waals surface area contributed by atoms with E-state index >= 15 is 0 Å². The van der Waals surface area contributed by atoms with Gasteiger partial charge in [-0.25, -0.2) is 0 Å². The average molecular weight is 387 g/mol. The molecule has 5 heteroatoms. The summed E-state index contributed by atoms with van der Waals surface area (Å²) in [5, 5.41) is 7.25. The third-order valence-electron chi connectivity index (χ3n) is 4.65. The van der Waals surface area contributed by atoms with E-state index in [1.807, 2.05) is 69.3 Å². The Morgan fingerprint density at radius 2 is 1.83 bits per heavy atom. The molecule has 3 aromatic rings. The molecular formula is C24H25N3O2. The van der Waals surface area contributed by atoms with Crippen LogP contribution in [0.1, 0.15) is 35.5 Å². The van der Waals surface area contributed by atoms with Gasteiger partial charge in [-0.3, -0.25) is 9.48 Å². The Hall–Kier alpha value is -3.36. The second kappa shape index (κ2) is 8.34.